The maximum atomic E-state index is 12.7. The average Bonchev–Trinajstić information content (AvgIpc) is 2.49. The molecule has 106 valence electrons. The van der Waals surface area contributed by atoms with E-state index in [4.69, 9.17) is 0 Å². The highest BCUT2D eigenvalue weighted by Crippen LogP contribution is 2.05. The van der Waals surface area contributed by atoms with Crippen LogP contribution in [-0.4, -0.2) is 12.1 Å². The summed E-state index contributed by atoms with van der Waals surface area (Å²) >= 11 is 0. The molecule has 0 aromatic heterocycles. The van der Waals surface area contributed by atoms with E-state index < -0.39 is 0 Å². The zero-order valence-corrected chi connectivity index (χ0v) is 11.6. The number of halogens is 1. The molecule has 3 nitrogen and oxygen atoms in total. The molecule has 1 N–H and O–H groups in total. The highest BCUT2D eigenvalue weighted by atomic mass is 19.1. The molecule has 2 rings (SSSR count). The van der Waals surface area contributed by atoms with Crippen molar-refractivity contribution in [1.29, 1.82) is 0 Å². The number of nitrogens with zero attached hydrogens (tertiary/aromatic N) is 1. The van der Waals surface area contributed by atoms with Crippen molar-refractivity contribution in [3.8, 4) is 0 Å². The zero-order chi connectivity index (χ0) is 15.1. The van der Waals surface area contributed by atoms with Crippen LogP contribution in [0.3, 0.4) is 0 Å². The summed E-state index contributed by atoms with van der Waals surface area (Å²) in [6, 6.07) is 15.1. The van der Waals surface area contributed by atoms with Gasteiger partial charge in [0.05, 0.1) is 6.21 Å². The number of nitrogens with one attached hydrogen (secondary N) is 1. The standard InChI is InChI=1S/C17H15FN2O/c1-13(11-14-5-3-2-4-6-14)12-19-20-17(21)15-7-9-16(18)10-8-15/h2-12H,1H3,(H,20,21)/b13-11-,19-12+. The van der Waals surface area contributed by atoms with Crippen LogP contribution in [0.1, 0.15) is 22.8 Å². The maximum absolute atomic E-state index is 12.7. The van der Waals surface area contributed by atoms with Crippen LogP contribution in [0.5, 0.6) is 0 Å². The number of carbonyl (C=O) groups excluding carboxylic acids is 1. The van der Waals surface area contributed by atoms with E-state index in [1.807, 2.05) is 43.3 Å². The first-order valence-electron chi connectivity index (χ1n) is 6.47. The molecule has 0 aliphatic rings. The highest BCUT2D eigenvalue weighted by molar-refractivity contribution is 5.95. The largest absolute Gasteiger partial charge is 0.271 e. The smallest absolute Gasteiger partial charge is 0.267 e. The van der Waals surface area contributed by atoms with E-state index in [9.17, 15) is 9.18 Å². The van der Waals surface area contributed by atoms with Crippen molar-refractivity contribution in [3.63, 3.8) is 0 Å². The quantitative estimate of drug-likeness (QED) is 0.675. The highest BCUT2D eigenvalue weighted by Gasteiger charge is 2.03. The van der Waals surface area contributed by atoms with Crippen molar-refractivity contribution in [1.82, 2.24) is 5.43 Å². The Morgan fingerprint density at radius 3 is 2.43 bits per heavy atom. The molecule has 0 saturated carbocycles. The lowest BCUT2D eigenvalue weighted by molar-refractivity contribution is 0.0955. The Morgan fingerprint density at radius 2 is 1.76 bits per heavy atom. The van der Waals surface area contributed by atoms with Gasteiger partial charge in [-0.05, 0) is 42.3 Å². The molecule has 0 heterocycles. The van der Waals surface area contributed by atoms with E-state index in [0.29, 0.717) is 5.56 Å². The lowest BCUT2D eigenvalue weighted by atomic mass is 10.1. The van der Waals surface area contributed by atoms with Gasteiger partial charge in [0.2, 0.25) is 0 Å². The molecule has 0 fully saturated rings. The number of carbonyl (C=O) groups is 1. The molecule has 0 aliphatic carbocycles. The van der Waals surface area contributed by atoms with E-state index >= 15 is 0 Å². The molecule has 1 amide bonds. The lowest BCUT2D eigenvalue weighted by Crippen LogP contribution is -2.17. The summed E-state index contributed by atoms with van der Waals surface area (Å²) in [7, 11) is 0. The molecular formula is C17H15FN2O. The Bertz CT molecular complexity index is 661. The summed E-state index contributed by atoms with van der Waals surface area (Å²) in [6.45, 7) is 1.89. The van der Waals surface area contributed by atoms with Gasteiger partial charge in [-0.15, -0.1) is 0 Å². The molecular weight excluding hydrogens is 267 g/mol. The van der Waals surface area contributed by atoms with Crippen LogP contribution >= 0.6 is 0 Å². The average molecular weight is 282 g/mol. The SMILES string of the molecule is CC(=C/c1ccccc1)/C=N/NC(=O)c1ccc(F)cc1. The van der Waals surface area contributed by atoms with E-state index in [0.717, 1.165) is 11.1 Å². The van der Waals surface area contributed by atoms with Crippen molar-refractivity contribution < 1.29 is 9.18 Å². The van der Waals surface area contributed by atoms with E-state index in [2.05, 4.69) is 10.5 Å². The summed E-state index contributed by atoms with van der Waals surface area (Å²) in [6.07, 6.45) is 3.52. The number of amides is 1. The van der Waals surface area contributed by atoms with Crippen molar-refractivity contribution in [2.24, 2.45) is 5.10 Å². The Kier molecular flexibility index (Phi) is 4.99. The van der Waals surface area contributed by atoms with Crippen LogP contribution < -0.4 is 5.43 Å². The summed E-state index contributed by atoms with van der Waals surface area (Å²) in [5, 5.41) is 3.88. The fraction of sp³-hybridized carbons (Fsp3) is 0.0588. The van der Waals surface area contributed by atoms with Gasteiger partial charge in [0.1, 0.15) is 5.82 Å². The fourth-order valence-corrected chi connectivity index (χ4v) is 1.71. The van der Waals surface area contributed by atoms with Gasteiger partial charge in [-0.3, -0.25) is 4.79 Å². The van der Waals surface area contributed by atoms with Gasteiger partial charge in [0, 0.05) is 5.56 Å². The van der Waals surface area contributed by atoms with Gasteiger partial charge in [-0.25, -0.2) is 9.82 Å². The second-order valence-corrected chi connectivity index (χ2v) is 4.51. The molecule has 2 aromatic carbocycles. The van der Waals surface area contributed by atoms with E-state index in [1.54, 1.807) is 6.21 Å². The van der Waals surface area contributed by atoms with Crippen LogP contribution in [0.2, 0.25) is 0 Å². The first-order chi connectivity index (χ1) is 10.1. The summed E-state index contributed by atoms with van der Waals surface area (Å²) in [5.74, 6) is -0.754. The molecule has 2 aromatic rings. The van der Waals surface area contributed by atoms with Crippen LogP contribution in [0.15, 0.2) is 65.3 Å². The molecule has 21 heavy (non-hydrogen) atoms. The van der Waals surface area contributed by atoms with Crippen molar-refractivity contribution >= 4 is 18.2 Å². The zero-order valence-electron chi connectivity index (χ0n) is 11.6. The van der Waals surface area contributed by atoms with Gasteiger partial charge in [-0.1, -0.05) is 36.4 Å². The molecule has 0 bridgehead atoms. The van der Waals surface area contributed by atoms with Crippen molar-refractivity contribution in [3.05, 3.63) is 77.1 Å². The van der Waals surface area contributed by atoms with Crippen LogP contribution in [0, 0.1) is 5.82 Å². The summed E-state index contributed by atoms with van der Waals surface area (Å²) in [4.78, 5) is 11.7. The number of benzene rings is 2. The Morgan fingerprint density at radius 1 is 1.10 bits per heavy atom. The van der Waals surface area contributed by atoms with Crippen LogP contribution in [0.25, 0.3) is 6.08 Å². The summed E-state index contributed by atoms with van der Waals surface area (Å²) < 4.78 is 12.7. The van der Waals surface area contributed by atoms with Gasteiger partial charge >= 0.3 is 0 Å². The van der Waals surface area contributed by atoms with Gasteiger partial charge in [0.15, 0.2) is 0 Å². The molecule has 0 unspecified atom stereocenters. The predicted molar refractivity (Wildman–Crippen MR) is 82.5 cm³/mol. The molecule has 0 radical (unpaired) electrons. The molecule has 0 spiro atoms. The number of hydrazone groups is 1. The number of hydrogen-bond donors (Lipinski definition) is 1. The maximum Gasteiger partial charge on any atom is 0.271 e. The molecule has 0 atom stereocenters. The van der Waals surface area contributed by atoms with Crippen LogP contribution in [-0.2, 0) is 0 Å². The van der Waals surface area contributed by atoms with Gasteiger partial charge in [0.25, 0.3) is 5.91 Å². The Labute approximate surface area is 122 Å². The first-order valence-corrected chi connectivity index (χ1v) is 6.47. The lowest BCUT2D eigenvalue weighted by Gasteiger charge is -1.99. The van der Waals surface area contributed by atoms with Crippen molar-refractivity contribution in [2.75, 3.05) is 0 Å². The Balaban J connectivity index is 1.94. The predicted octanol–water partition coefficient (Wildman–Crippen LogP) is 3.64. The number of rotatable bonds is 4. The van der Waals surface area contributed by atoms with Gasteiger partial charge < -0.3 is 0 Å². The second-order valence-electron chi connectivity index (χ2n) is 4.51. The van der Waals surface area contributed by atoms with Gasteiger partial charge in [-0.2, -0.15) is 5.10 Å². The molecule has 0 saturated heterocycles. The third-order valence-corrected chi connectivity index (χ3v) is 2.73. The second kappa shape index (κ2) is 7.14. The summed E-state index contributed by atoms with van der Waals surface area (Å²) in [5.41, 5.74) is 4.73. The minimum atomic E-state index is -0.378. The van der Waals surface area contributed by atoms with E-state index in [1.165, 1.54) is 24.3 Å². The minimum Gasteiger partial charge on any atom is -0.267 e. The topological polar surface area (TPSA) is 41.5 Å². The molecule has 0 aliphatic heterocycles. The fourth-order valence-electron chi connectivity index (χ4n) is 1.71. The normalized spacial score (nSPS) is 11.6. The van der Waals surface area contributed by atoms with Crippen molar-refractivity contribution in [2.45, 2.75) is 6.92 Å². The van der Waals surface area contributed by atoms with E-state index in [-0.39, 0.29) is 11.7 Å². The van der Waals surface area contributed by atoms with Crippen LogP contribution in [0.4, 0.5) is 4.39 Å². The number of allylic oxidation sites excluding steroid dienone is 1. The first kappa shape index (κ1) is 14.7. The number of hydrogen-bond acceptors (Lipinski definition) is 2. The third-order valence-electron chi connectivity index (χ3n) is 2.73. The minimum absolute atomic E-state index is 0.359. The monoisotopic (exact) mass is 282 g/mol. The Hall–Kier alpha value is -2.75. The molecule has 4 heteroatoms. The third kappa shape index (κ3) is 4.69.